The van der Waals surface area contributed by atoms with E-state index in [0.29, 0.717) is 0 Å². The Morgan fingerprint density at radius 3 is 1.15 bits per heavy atom. The van der Waals surface area contributed by atoms with Crippen molar-refractivity contribution in [3.63, 3.8) is 0 Å². The molecule has 4 heterocycles. The molecule has 0 aliphatic carbocycles. The maximum atomic E-state index is 5.21. The molecule has 0 aliphatic rings. The van der Waals surface area contributed by atoms with E-state index in [9.17, 15) is 0 Å². The van der Waals surface area contributed by atoms with Crippen LogP contribution in [0.15, 0.2) is 48.5 Å². The van der Waals surface area contributed by atoms with Gasteiger partial charge in [-0.2, -0.15) is 0 Å². The molecule has 0 atom stereocenters. The van der Waals surface area contributed by atoms with Crippen LogP contribution in [0.1, 0.15) is 34.1 Å². The Labute approximate surface area is 218 Å². The zero-order chi connectivity index (χ0) is 24.0. The molecular weight excluding hydrogens is 509 g/mol. The first-order valence-corrected chi connectivity index (χ1v) is 17.2. The molecule has 0 unspecified atom stereocenters. The molecule has 0 fully saturated rings. The lowest BCUT2D eigenvalue weighted by Crippen LogP contribution is -2.16. The molecule has 0 amide bonds. The first-order valence-electron chi connectivity index (χ1n) is 10.4. The quantitative estimate of drug-likeness (QED) is 0.185. The Hall–Kier alpha value is -2.94. The highest BCUT2D eigenvalue weighted by molar-refractivity contribution is 7.15. The number of thiophene rings is 4. The molecule has 0 bridgehead atoms. The van der Waals surface area contributed by atoms with E-state index in [1.807, 2.05) is 42.5 Å². The van der Waals surface area contributed by atoms with Gasteiger partial charge in [-0.05, 0) is 84.1 Å². The Balaban J connectivity index is 1.39. The van der Waals surface area contributed by atoms with Crippen molar-refractivity contribution in [1.82, 2.24) is 0 Å². The van der Waals surface area contributed by atoms with Crippen molar-refractivity contribution >= 4 is 53.4 Å². The van der Waals surface area contributed by atoms with Gasteiger partial charge in [-0.1, -0.05) is 36.9 Å². The van der Waals surface area contributed by atoms with Crippen LogP contribution in [0.2, 0.25) is 19.6 Å². The van der Waals surface area contributed by atoms with Crippen molar-refractivity contribution in [2.75, 3.05) is 7.11 Å². The highest BCUT2D eigenvalue weighted by atomic mass is 32.1. The lowest BCUT2D eigenvalue weighted by Gasteiger charge is -2.02. The van der Waals surface area contributed by atoms with Crippen LogP contribution in [0.25, 0.3) is 0 Å². The summed E-state index contributed by atoms with van der Waals surface area (Å²) in [6.45, 7) is 6.75. The molecule has 4 aromatic heterocycles. The molecule has 0 radical (unpaired) electrons. The molecule has 0 N–H and O–H groups in total. The maximum Gasteiger partial charge on any atom is 0.174 e. The minimum absolute atomic E-state index is 0.869. The lowest BCUT2D eigenvalue weighted by atomic mass is 10.3. The zero-order valence-electron chi connectivity index (χ0n) is 19.2. The first kappa shape index (κ1) is 24.2. The number of hydrogen-bond donors (Lipinski definition) is 0. The van der Waals surface area contributed by atoms with E-state index in [4.69, 9.17) is 4.74 Å². The molecule has 166 valence electrons. The molecule has 4 rings (SSSR count). The average molecular weight is 529 g/mol. The van der Waals surface area contributed by atoms with Crippen molar-refractivity contribution in [1.29, 1.82) is 0 Å². The summed E-state index contributed by atoms with van der Waals surface area (Å²) in [5.41, 5.74) is 3.40. The lowest BCUT2D eigenvalue weighted by molar-refractivity contribution is 0.427. The van der Waals surface area contributed by atoms with E-state index in [1.165, 1.54) is 0 Å². The molecule has 0 aromatic carbocycles. The summed E-state index contributed by atoms with van der Waals surface area (Å²) < 4.78 is 5.21. The number of rotatable bonds is 1. The monoisotopic (exact) mass is 528 g/mol. The molecule has 4 aromatic rings. The average Bonchev–Trinajstić information content (AvgIpc) is 3.60. The van der Waals surface area contributed by atoms with Crippen LogP contribution in [0.3, 0.4) is 0 Å². The Morgan fingerprint density at radius 2 is 0.824 bits per heavy atom. The predicted molar refractivity (Wildman–Crippen MR) is 152 cm³/mol. The summed E-state index contributed by atoms with van der Waals surface area (Å²) in [5.74, 6) is 22.7. The van der Waals surface area contributed by atoms with Gasteiger partial charge in [0.15, 0.2) is 5.06 Å². The van der Waals surface area contributed by atoms with Gasteiger partial charge in [0.25, 0.3) is 0 Å². The van der Waals surface area contributed by atoms with Gasteiger partial charge in [0.1, 0.15) is 8.07 Å². The maximum absolute atomic E-state index is 5.21. The number of hydrogen-bond acceptors (Lipinski definition) is 5. The molecule has 0 spiro atoms. The zero-order valence-corrected chi connectivity index (χ0v) is 23.4. The van der Waals surface area contributed by atoms with E-state index in [0.717, 1.165) is 39.2 Å². The minimum atomic E-state index is -1.36. The topological polar surface area (TPSA) is 9.23 Å². The second-order valence-corrected chi connectivity index (χ2v) is 17.1. The minimum Gasteiger partial charge on any atom is -0.487 e. The van der Waals surface area contributed by atoms with Crippen LogP contribution in [0.5, 0.6) is 5.06 Å². The Bertz CT molecular complexity index is 1560. The van der Waals surface area contributed by atoms with Crippen LogP contribution in [-0.4, -0.2) is 15.2 Å². The molecule has 0 saturated carbocycles. The summed E-state index contributed by atoms with van der Waals surface area (Å²) in [7, 11) is 0.307. The van der Waals surface area contributed by atoms with E-state index >= 15 is 0 Å². The van der Waals surface area contributed by atoms with Crippen molar-refractivity contribution in [2.24, 2.45) is 0 Å². The molecule has 0 saturated heterocycles. The van der Waals surface area contributed by atoms with Crippen molar-refractivity contribution in [3.05, 3.63) is 82.7 Å². The highest BCUT2D eigenvalue weighted by Gasteiger charge is 2.07. The normalized spacial score (nSPS) is 10.0. The molecular formula is C28H20OS4Si. The van der Waals surface area contributed by atoms with Crippen LogP contribution in [0.4, 0.5) is 0 Å². The van der Waals surface area contributed by atoms with E-state index in [2.05, 4.69) is 72.7 Å². The molecule has 6 heteroatoms. The smallest absolute Gasteiger partial charge is 0.174 e. The number of methoxy groups -OCH3 is 1. The van der Waals surface area contributed by atoms with Crippen molar-refractivity contribution in [2.45, 2.75) is 19.6 Å². The second kappa shape index (κ2) is 11.0. The van der Waals surface area contributed by atoms with E-state index in [-0.39, 0.29) is 0 Å². The fourth-order valence-electron chi connectivity index (χ4n) is 2.53. The predicted octanol–water partition coefficient (Wildman–Crippen LogP) is 7.37. The van der Waals surface area contributed by atoms with Crippen molar-refractivity contribution in [3.8, 4) is 52.0 Å². The standard InChI is InChI=1S/C28H20OS4Si/c1-29-28-18-17-26(33-28)15-13-24-10-9-22(31-24)7-5-21-6-8-23(30-21)11-12-25-14-16-27(32-25)19-20-34(2,3)4/h6,8-10,14,16-18H,1-4H3. The summed E-state index contributed by atoms with van der Waals surface area (Å²) in [6.07, 6.45) is 0. The van der Waals surface area contributed by atoms with E-state index in [1.54, 1.807) is 52.5 Å². The highest BCUT2D eigenvalue weighted by Crippen LogP contribution is 2.23. The summed E-state index contributed by atoms with van der Waals surface area (Å²) >= 11 is 6.41. The van der Waals surface area contributed by atoms with Crippen LogP contribution in [-0.2, 0) is 0 Å². The third kappa shape index (κ3) is 7.28. The van der Waals surface area contributed by atoms with Crippen LogP contribution in [0, 0.1) is 47.0 Å². The van der Waals surface area contributed by atoms with Gasteiger partial charge in [-0.25, -0.2) is 0 Å². The number of ether oxygens (including phenoxy) is 1. The SMILES string of the molecule is COc1ccc(C#Cc2ccc(C#Cc3ccc(C#Cc4ccc(C#C[Si](C)(C)C)s4)s3)s2)s1. The van der Waals surface area contributed by atoms with Crippen LogP contribution < -0.4 is 4.74 Å². The van der Waals surface area contributed by atoms with Gasteiger partial charge in [-0.15, -0.1) is 39.6 Å². The van der Waals surface area contributed by atoms with Gasteiger partial charge in [0.2, 0.25) is 0 Å². The molecule has 0 aliphatic heterocycles. The summed E-state index contributed by atoms with van der Waals surface area (Å²) in [5, 5.41) is 0.869. The fraction of sp³-hybridized carbons (Fsp3) is 0.143. The first-order chi connectivity index (χ1) is 16.4. The largest absolute Gasteiger partial charge is 0.487 e. The van der Waals surface area contributed by atoms with Gasteiger partial charge in [0.05, 0.1) is 41.2 Å². The third-order valence-corrected chi connectivity index (χ3v) is 8.67. The van der Waals surface area contributed by atoms with Gasteiger partial charge in [0, 0.05) is 0 Å². The summed E-state index contributed by atoms with van der Waals surface area (Å²) in [6, 6.07) is 16.1. The van der Waals surface area contributed by atoms with Crippen LogP contribution >= 0.6 is 45.3 Å². The summed E-state index contributed by atoms with van der Waals surface area (Å²) in [4.78, 5) is 7.12. The second-order valence-electron chi connectivity index (χ2n) is 8.06. The van der Waals surface area contributed by atoms with Crippen molar-refractivity contribution < 1.29 is 4.74 Å². The van der Waals surface area contributed by atoms with Gasteiger partial charge in [-0.3, -0.25) is 0 Å². The third-order valence-electron chi connectivity index (χ3n) is 4.09. The molecule has 1 nitrogen and oxygen atoms in total. The fourth-order valence-corrected chi connectivity index (χ4v) is 5.95. The molecule has 34 heavy (non-hydrogen) atoms. The van der Waals surface area contributed by atoms with Gasteiger partial charge >= 0.3 is 0 Å². The Morgan fingerprint density at radius 1 is 0.500 bits per heavy atom. The van der Waals surface area contributed by atoms with Gasteiger partial charge < -0.3 is 4.74 Å². The Kier molecular flexibility index (Phi) is 7.82. The van der Waals surface area contributed by atoms with E-state index < -0.39 is 8.07 Å².